The summed E-state index contributed by atoms with van der Waals surface area (Å²) in [4.78, 5) is 23.4. The molecule has 1 aliphatic heterocycles. The van der Waals surface area contributed by atoms with Crippen LogP contribution in [0.3, 0.4) is 0 Å². The molecule has 0 radical (unpaired) electrons. The standard InChI is InChI=1S/C18H22N4O/c1-19-17-13-20-12-15(21-17)16-8-5-11-22(16)18(23)10-9-14-6-3-2-4-7-14/h2-4,6-7,12-13,16H,5,8-11H2,1H3,(H,19,21)/t16-/m1/s1. The summed E-state index contributed by atoms with van der Waals surface area (Å²) in [6, 6.07) is 10.2. The Morgan fingerprint density at radius 3 is 2.91 bits per heavy atom. The van der Waals surface area contributed by atoms with Gasteiger partial charge in [0.05, 0.1) is 24.1 Å². The Balaban J connectivity index is 1.67. The monoisotopic (exact) mass is 310 g/mol. The third kappa shape index (κ3) is 3.67. The van der Waals surface area contributed by atoms with E-state index in [1.54, 1.807) is 12.4 Å². The van der Waals surface area contributed by atoms with E-state index in [2.05, 4.69) is 27.4 Å². The summed E-state index contributed by atoms with van der Waals surface area (Å²) in [6.45, 7) is 0.809. The molecule has 120 valence electrons. The van der Waals surface area contributed by atoms with Crippen LogP contribution in [0.15, 0.2) is 42.7 Å². The third-order valence-corrected chi connectivity index (χ3v) is 4.29. The topological polar surface area (TPSA) is 58.1 Å². The van der Waals surface area contributed by atoms with Crippen LogP contribution in [0.2, 0.25) is 0 Å². The van der Waals surface area contributed by atoms with E-state index >= 15 is 0 Å². The molecule has 2 aromatic rings. The molecule has 0 saturated carbocycles. The number of benzene rings is 1. The molecule has 1 aliphatic rings. The van der Waals surface area contributed by atoms with E-state index < -0.39 is 0 Å². The fraction of sp³-hybridized carbons (Fsp3) is 0.389. The van der Waals surface area contributed by atoms with Crippen LogP contribution in [-0.4, -0.2) is 34.4 Å². The summed E-state index contributed by atoms with van der Waals surface area (Å²) in [5, 5.41) is 3.00. The van der Waals surface area contributed by atoms with Crippen LogP contribution < -0.4 is 5.32 Å². The van der Waals surface area contributed by atoms with Gasteiger partial charge in [-0.05, 0) is 24.8 Å². The summed E-state index contributed by atoms with van der Waals surface area (Å²) < 4.78 is 0. The number of carbonyl (C=O) groups excluding carboxylic acids is 1. The molecule has 1 fully saturated rings. The van der Waals surface area contributed by atoms with Crippen LogP contribution in [0.25, 0.3) is 0 Å². The van der Waals surface area contributed by atoms with E-state index in [1.807, 2.05) is 30.1 Å². The Kier molecular flexibility index (Phi) is 4.86. The number of nitrogens with one attached hydrogen (secondary N) is 1. The molecule has 2 heterocycles. The number of aromatic nitrogens is 2. The lowest BCUT2D eigenvalue weighted by atomic mass is 10.1. The van der Waals surface area contributed by atoms with Crippen molar-refractivity contribution in [2.45, 2.75) is 31.7 Å². The third-order valence-electron chi connectivity index (χ3n) is 4.29. The van der Waals surface area contributed by atoms with Gasteiger partial charge < -0.3 is 10.2 Å². The van der Waals surface area contributed by atoms with Crippen LogP contribution in [0.4, 0.5) is 5.82 Å². The molecule has 0 aliphatic carbocycles. The van der Waals surface area contributed by atoms with Gasteiger partial charge in [0.2, 0.25) is 5.91 Å². The minimum absolute atomic E-state index is 0.0547. The van der Waals surface area contributed by atoms with Crippen molar-refractivity contribution in [3.63, 3.8) is 0 Å². The van der Waals surface area contributed by atoms with Crippen LogP contribution in [0, 0.1) is 0 Å². The first kappa shape index (κ1) is 15.5. The minimum Gasteiger partial charge on any atom is -0.372 e. The van der Waals surface area contributed by atoms with Crippen molar-refractivity contribution in [1.29, 1.82) is 0 Å². The summed E-state index contributed by atoms with van der Waals surface area (Å²) in [7, 11) is 1.82. The number of hydrogen-bond acceptors (Lipinski definition) is 4. The molecule has 5 heteroatoms. The lowest BCUT2D eigenvalue weighted by molar-refractivity contribution is -0.132. The van der Waals surface area contributed by atoms with Crippen LogP contribution in [-0.2, 0) is 11.2 Å². The highest BCUT2D eigenvalue weighted by atomic mass is 16.2. The van der Waals surface area contributed by atoms with Gasteiger partial charge in [0.15, 0.2) is 0 Å². The second kappa shape index (κ2) is 7.22. The van der Waals surface area contributed by atoms with Crippen molar-refractivity contribution in [1.82, 2.24) is 14.9 Å². The molecule has 23 heavy (non-hydrogen) atoms. The maximum atomic E-state index is 12.6. The number of aryl methyl sites for hydroxylation is 1. The van der Waals surface area contributed by atoms with Gasteiger partial charge in [0, 0.05) is 20.0 Å². The first-order chi connectivity index (χ1) is 11.3. The van der Waals surface area contributed by atoms with Crippen molar-refractivity contribution >= 4 is 11.7 Å². The Hall–Kier alpha value is -2.43. The average Bonchev–Trinajstić information content (AvgIpc) is 3.10. The number of anilines is 1. The van der Waals surface area contributed by atoms with Crippen molar-refractivity contribution in [2.24, 2.45) is 0 Å². The maximum absolute atomic E-state index is 12.6. The van der Waals surface area contributed by atoms with E-state index in [0.29, 0.717) is 6.42 Å². The van der Waals surface area contributed by atoms with Crippen molar-refractivity contribution in [2.75, 3.05) is 18.9 Å². The number of amides is 1. The highest BCUT2D eigenvalue weighted by molar-refractivity contribution is 5.77. The number of nitrogens with zero attached hydrogens (tertiary/aromatic N) is 3. The first-order valence-electron chi connectivity index (χ1n) is 8.11. The summed E-state index contributed by atoms with van der Waals surface area (Å²) in [5.41, 5.74) is 2.08. The molecule has 3 rings (SSSR count). The predicted molar refractivity (Wildman–Crippen MR) is 90.0 cm³/mol. The Bertz CT molecular complexity index is 659. The lowest BCUT2D eigenvalue weighted by Gasteiger charge is -2.24. The van der Waals surface area contributed by atoms with Gasteiger partial charge in [0.25, 0.3) is 0 Å². The number of rotatable bonds is 5. The summed E-state index contributed by atoms with van der Waals surface area (Å²) in [6.07, 6.45) is 6.77. The number of likely N-dealkylation sites (tertiary alicyclic amines) is 1. The summed E-state index contributed by atoms with van der Waals surface area (Å²) >= 11 is 0. The zero-order chi connectivity index (χ0) is 16.1. The van der Waals surface area contributed by atoms with Gasteiger partial charge in [-0.15, -0.1) is 0 Å². The molecule has 0 spiro atoms. The molecule has 0 unspecified atom stereocenters. The fourth-order valence-electron chi connectivity index (χ4n) is 3.07. The smallest absolute Gasteiger partial charge is 0.223 e. The van der Waals surface area contributed by atoms with E-state index in [-0.39, 0.29) is 11.9 Å². The van der Waals surface area contributed by atoms with Gasteiger partial charge in [-0.25, -0.2) is 4.98 Å². The highest BCUT2D eigenvalue weighted by Crippen LogP contribution is 2.31. The molecule has 1 aromatic heterocycles. The Morgan fingerprint density at radius 1 is 1.30 bits per heavy atom. The molecule has 0 bridgehead atoms. The zero-order valence-electron chi connectivity index (χ0n) is 13.4. The van der Waals surface area contributed by atoms with Crippen molar-refractivity contribution < 1.29 is 4.79 Å². The normalized spacial score (nSPS) is 17.3. The van der Waals surface area contributed by atoms with E-state index in [1.165, 1.54) is 5.56 Å². The van der Waals surface area contributed by atoms with Gasteiger partial charge in [-0.1, -0.05) is 30.3 Å². The molecule has 1 N–H and O–H groups in total. The van der Waals surface area contributed by atoms with E-state index in [4.69, 9.17) is 0 Å². The van der Waals surface area contributed by atoms with Gasteiger partial charge in [-0.3, -0.25) is 9.78 Å². The SMILES string of the molecule is CNc1cncc([C@H]2CCCN2C(=O)CCc2ccccc2)n1. The van der Waals surface area contributed by atoms with Gasteiger partial charge >= 0.3 is 0 Å². The fourth-order valence-corrected chi connectivity index (χ4v) is 3.07. The Labute approximate surface area is 136 Å². The van der Waals surface area contributed by atoms with Gasteiger partial charge in [0.1, 0.15) is 5.82 Å². The molecule has 1 aromatic carbocycles. The minimum atomic E-state index is 0.0547. The molecule has 5 nitrogen and oxygen atoms in total. The number of hydrogen-bond donors (Lipinski definition) is 1. The van der Waals surface area contributed by atoms with E-state index in [0.717, 1.165) is 37.3 Å². The quantitative estimate of drug-likeness (QED) is 0.922. The molecule has 1 atom stereocenters. The predicted octanol–water partition coefficient (Wildman–Crippen LogP) is 2.81. The largest absolute Gasteiger partial charge is 0.372 e. The Morgan fingerprint density at radius 2 is 2.13 bits per heavy atom. The van der Waals surface area contributed by atoms with Crippen molar-refractivity contribution in [3.05, 3.63) is 54.0 Å². The van der Waals surface area contributed by atoms with Crippen LogP contribution in [0.1, 0.15) is 36.6 Å². The zero-order valence-corrected chi connectivity index (χ0v) is 13.4. The average molecular weight is 310 g/mol. The van der Waals surface area contributed by atoms with Crippen LogP contribution in [0.5, 0.6) is 0 Å². The molecule has 1 saturated heterocycles. The summed E-state index contributed by atoms with van der Waals surface area (Å²) in [5.74, 6) is 0.944. The molecule has 1 amide bonds. The second-order valence-electron chi connectivity index (χ2n) is 5.81. The van der Waals surface area contributed by atoms with Crippen molar-refractivity contribution in [3.8, 4) is 0 Å². The highest BCUT2D eigenvalue weighted by Gasteiger charge is 2.30. The molecular formula is C18H22N4O. The van der Waals surface area contributed by atoms with Crippen LogP contribution >= 0.6 is 0 Å². The molecular weight excluding hydrogens is 288 g/mol. The van der Waals surface area contributed by atoms with Gasteiger partial charge in [-0.2, -0.15) is 0 Å². The van der Waals surface area contributed by atoms with E-state index in [9.17, 15) is 4.79 Å². The number of carbonyl (C=O) groups is 1. The lowest BCUT2D eigenvalue weighted by Crippen LogP contribution is -2.31. The maximum Gasteiger partial charge on any atom is 0.223 e. The second-order valence-corrected chi connectivity index (χ2v) is 5.81. The first-order valence-corrected chi connectivity index (χ1v) is 8.11.